The zero-order valence-electron chi connectivity index (χ0n) is 4.62. The first kappa shape index (κ1) is 37.7. The SMILES string of the molecule is C[C-]=O.P.P.[CH-]=O.[Ni+3]. The molecule has 1 radical (unpaired) electrons. The Morgan fingerprint density at radius 2 is 1.25 bits per heavy atom. The Bertz CT molecular complexity index is 29.2. The van der Waals surface area contributed by atoms with Crippen molar-refractivity contribution in [3.8, 4) is 0 Å². The molecule has 0 heterocycles. The minimum Gasteiger partial charge on any atom is -0.545 e. The van der Waals surface area contributed by atoms with E-state index in [2.05, 4.69) is 6.79 Å². The standard InChI is InChI=1S/C2H3O.CHO.Ni.2H3P/c1-2-3;1-2;;;/h1H3;1H;;2*1H3/q2*-1;+3;;. The summed E-state index contributed by atoms with van der Waals surface area (Å²) in [6, 6.07) is 0. The predicted octanol–water partition coefficient (Wildman–Crippen LogP) is -0.0444. The van der Waals surface area contributed by atoms with Gasteiger partial charge in [0.15, 0.2) is 0 Å². The molecule has 0 saturated carbocycles. The second-order valence-electron chi connectivity index (χ2n) is 0.204. The van der Waals surface area contributed by atoms with Crippen molar-refractivity contribution in [3.05, 3.63) is 0 Å². The van der Waals surface area contributed by atoms with Crippen molar-refractivity contribution in [1.29, 1.82) is 0 Å². The minimum absolute atomic E-state index is 0. The van der Waals surface area contributed by atoms with E-state index in [0.717, 1.165) is 0 Å². The zero-order valence-corrected chi connectivity index (χ0v) is 8.44. The first-order valence-electron chi connectivity index (χ1n) is 0.940. The molecule has 5 heteroatoms. The van der Waals surface area contributed by atoms with Crippen LogP contribution in [0.1, 0.15) is 6.92 Å². The Morgan fingerprint density at radius 1 is 1.25 bits per heavy atom. The van der Waals surface area contributed by atoms with Gasteiger partial charge < -0.3 is 9.59 Å². The van der Waals surface area contributed by atoms with Gasteiger partial charge in [-0.3, -0.25) is 13.1 Å². The average molecular weight is 199 g/mol. The molecule has 2 unspecified atom stereocenters. The summed E-state index contributed by atoms with van der Waals surface area (Å²) in [5, 5.41) is 0. The molecule has 0 aliphatic heterocycles. The summed E-state index contributed by atoms with van der Waals surface area (Å²) in [6.07, 6.45) is 1.50. The van der Waals surface area contributed by atoms with E-state index in [1.807, 2.05) is 0 Å². The van der Waals surface area contributed by atoms with E-state index < -0.39 is 0 Å². The van der Waals surface area contributed by atoms with Crippen LogP contribution in [0.2, 0.25) is 0 Å². The summed E-state index contributed by atoms with van der Waals surface area (Å²) < 4.78 is 0. The summed E-state index contributed by atoms with van der Waals surface area (Å²) >= 11 is 0. The summed E-state index contributed by atoms with van der Waals surface area (Å²) in [4.78, 5) is 16.4. The Kier molecular flexibility index (Phi) is 567. The van der Waals surface area contributed by atoms with Crippen molar-refractivity contribution in [3.63, 3.8) is 0 Å². The van der Waals surface area contributed by atoms with Crippen LogP contribution in [-0.2, 0) is 26.1 Å². The van der Waals surface area contributed by atoms with Gasteiger partial charge in [-0.1, -0.05) is 0 Å². The fraction of sp³-hybridized carbons (Fsp3) is 0.333. The van der Waals surface area contributed by atoms with Crippen LogP contribution in [-0.4, -0.2) is 13.1 Å². The normalized spacial score (nSPS) is 2.12. The maximum atomic E-state index is 8.68. The van der Waals surface area contributed by atoms with E-state index in [1.165, 1.54) is 13.2 Å². The van der Waals surface area contributed by atoms with Crippen molar-refractivity contribution in [2.45, 2.75) is 6.92 Å². The minimum atomic E-state index is 0. The van der Waals surface area contributed by atoms with Crippen molar-refractivity contribution in [1.82, 2.24) is 0 Å². The Hall–Kier alpha value is 0.694. The molecule has 0 saturated heterocycles. The molecule has 2 nitrogen and oxygen atoms in total. The molecule has 0 rings (SSSR count). The molecule has 8 heavy (non-hydrogen) atoms. The third-order valence-corrected chi connectivity index (χ3v) is 0. The van der Waals surface area contributed by atoms with E-state index in [9.17, 15) is 0 Å². The molecule has 0 bridgehead atoms. The van der Waals surface area contributed by atoms with Crippen LogP contribution in [0.15, 0.2) is 0 Å². The van der Waals surface area contributed by atoms with Crippen LogP contribution in [0.4, 0.5) is 0 Å². The van der Waals surface area contributed by atoms with E-state index in [-0.39, 0.29) is 36.3 Å². The van der Waals surface area contributed by atoms with E-state index in [1.54, 1.807) is 0 Å². The fourth-order valence-corrected chi connectivity index (χ4v) is 0. The van der Waals surface area contributed by atoms with E-state index in [0.29, 0.717) is 0 Å². The zero-order chi connectivity index (χ0) is 4.71. The monoisotopic (exact) mass is 198 g/mol. The molecule has 53 valence electrons. The Morgan fingerprint density at radius 3 is 1.25 bits per heavy atom. The molecule has 0 aromatic carbocycles. The molecule has 0 N–H and O–H groups in total. The van der Waals surface area contributed by atoms with Crippen LogP contribution < -0.4 is 0 Å². The first-order chi connectivity index (χ1) is 2.41. The molecule has 0 spiro atoms. The molecule has 0 amide bonds. The van der Waals surface area contributed by atoms with Crippen molar-refractivity contribution in [2.75, 3.05) is 0 Å². The predicted molar refractivity (Wildman–Crippen MR) is 40.3 cm³/mol. The van der Waals surface area contributed by atoms with Crippen LogP contribution in [0.5, 0.6) is 0 Å². The second kappa shape index (κ2) is 120. The topological polar surface area (TPSA) is 34.1 Å². The van der Waals surface area contributed by atoms with Crippen LogP contribution >= 0.6 is 19.8 Å². The van der Waals surface area contributed by atoms with Gasteiger partial charge in [0.1, 0.15) is 0 Å². The molecule has 0 aliphatic rings. The van der Waals surface area contributed by atoms with Gasteiger partial charge in [0, 0.05) is 0 Å². The summed E-state index contributed by atoms with van der Waals surface area (Å²) in [5.41, 5.74) is 0. The number of rotatable bonds is 0. The number of hydrogen-bond donors (Lipinski definition) is 0. The molecule has 0 aliphatic carbocycles. The maximum Gasteiger partial charge on any atom is 3.00 e. The van der Waals surface area contributed by atoms with E-state index in [4.69, 9.17) is 9.59 Å². The Balaban J connectivity index is -0.00000000567. The molecule has 0 aromatic heterocycles. The van der Waals surface area contributed by atoms with Gasteiger partial charge in [0.25, 0.3) is 0 Å². The number of carbonyl (C=O) groups excluding carboxylic acids is 2. The molecule has 2 atom stereocenters. The third-order valence-electron chi connectivity index (χ3n) is 0. The summed E-state index contributed by atoms with van der Waals surface area (Å²) in [6.45, 7) is 4.57. The molecular weight excluding hydrogens is 189 g/mol. The molecule has 0 fully saturated rings. The van der Waals surface area contributed by atoms with Gasteiger partial charge in [-0.2, -0.15) is 26.7 Å². The number of hydrogen-bond acceptors (Lipinski definition) is 2. The van der Waals surface area contributed by atoms with Gasteiger partial charge in [0.05, 0.1) is 0 Å². The van der Waals surface area contributed by atoms with Crippen LogP contribution in [0.3, 0.4) is 0 Å². The van der Waals surface area contributed by atoms with Gasteiger partial charge >= 0.3 is 16.5 Å². The van der Waals surface area contributed by atoms with Gasteiger partial charge in [0.2, 0.25) is 0 Å². The van der Waals surface area contributed by atoms with Crippen LogP contribution in [0, 0.1) is 0 Å². The third kappa shape index (κ3) is 451. The maximum absolute atomic E-state index is 8.68. The van der Waals surface area contributed by atoms with E-state index >= 15 is 0 Å². The van der Waals surface area contributed by atoms with Gasteiger partial charge in [-0.15, -0.1) is 0 Å². The quantitative estimate of drug-likeness (QED) is 0.237. The van der Waals surface area contributed by atoms with Crippen molar-refractivity contribution < 1.29 is 26.1 Å². The van der Waals surface area contributed by atoms with Crippen LogP contribution in [0.25, 0.3) is 0 Å². The Labute approximate surface area is 66.3 Å². The fourth-order valence-electron chi connectivity index (χ4n) is 0. The average Bonchev–Trinajstić information content (AvgIpc) is 1.46. The van der Waals surface area contributed by atoms with Crippen molar-refractivity contribution in [2.24, 2.45) is 0 Å². The summed E-state index contributed by atoms with van der Waals surface area (Å²) in [5.74, 6) is 0. The summed E-state index contributed by atoms with van der Waals surface area (Å²) in [7, 11) is 0. The first-order valence-corrected chi connectivity index (χ1v) is 0.940. The second-order valence-corrected chi connectivity index (χ2v) is 0.204. The van der Waals surface area contributed by atoms with Crippen molar-refractivity contribution >= 4 is 32.9 Å². The smallest absolute Gasteiger partial charge is 0.545 e. The molecule has 0 aromatic rings. The largest absolute Gasteiger partial charge is 3.00 e. The van der Waals surface area contributed by atoms with Gasteiger partial charge in [-0.05, 0) is 0 Å². The molecular formula is C3H10NiO2P2+. The van der Waals surface area contributed by atoms with Gasteiger partial charge in [-0.25, -0.2) is 0 Å².